The maximum Gasteiger partial charge on any atom is 0.276 e. The van der Waals surface area contributed by atoms with Crippen LogP contribution in [0.1, 0.15) is 17.6 Å². The zero-order valence-corrected chi connectivity index (χ0v) is 17.4. The van der Waals surface area contributed by atoms with Crippen LogP contribution in [0.3, 0.4) is 0 Å². The van der Waals surface area contributed by atoms with Crippen LogP contribution >= 0.6 is 11.3 Å². The Hall–Kier alpha value is -2.86. The quantitative estimate of drug-likeness (QED) is 0.666. The molecule has 0 radical (unpaired) electrons. The molecule has 1 aliphatic heterocycles. The van der Waals surface area contributed by atoms with Gasteiger partial charge in [0.25, 0.3) is 5.89 Å². The van der Waals surface area contributed by atoms with E-state index in [2.05, 4.69) is 20.1 Å². The number of aromatic nitrogens is 3. The Morgan fingerprint density at radius 1 is 1.38 bits per heavy atom. The van der Waals surface area contributed by atoms with Crippen molar-refractivity contribution in [2.45, 2.75) is 19.4 Å². The fourth-order valence-electron chi connectivity index (χ4n) is 3.05. The smallest absolute Gasteiger partial charge is 0.276 e. The highest BCUT2D eigenvalue weighted by Gasteiger charge is 2.43. The van der Waals surface area contributed by atoms with Gasteiger partial charge < -0.3 is 10.3 Å². The third-order valence-corrected chi connectivity index (χ3v) is 7.89. The number of hydrogen-bond donors (Lipinski definition) is 1. The lowest BCUT2D eigenvalue weighted by atomic mass is 10.0. The van der Waals surface area contributed by atoms with Gasteiger partial charge in [-0.25, -0.2) is 22.1 Å². The Balaban J connectivity index is 1.76. The predicted octanol–water partition coefficient (Wildman–Crippen LogP) is 2.11. The van der Waals surface area contributed by atoms with Crippen molar-refractivity contribution < 1.29 is 17.3 Å². The molecule has 0 saturated heterocycles. The van der Waals surface area contributed by atoms with E-state index in [0.717, 1.165) is 15.6 Å². The van der Waals surface area contributed by atoms with Crippen molar-refractivity contribution in [1.29, 1.82) is 0 Å². The first-order chi connectivity index (χ1) is 13.6. The van der Waals surface area contributed by atoms with Crippen LogP contribution in [-0.4, -0.2) is 46.6 Å². The molecular formula is C17H17FN6O3S2. The molecule has 1 aliphatic rings. The Morgan fingerprint density at radius 2 is 2.14 bits per heavy atom. The summed E-state index contributed by atoms with van der Waals surface area (Å²) in [4.78, 5) is 13.4. The second-order valence-electron chi connectivity index (χ2n) is 6.83. The van der Waals surface area contributed by atoms with Crippen molar-refractivity contribution in [3.8, 4) is 22.0 Å². The number of sulfonamides is 1. The number of nitrogens with zero attached hydrogens (tertiary/aromatic N) is 5. The van der Waals surface area contributed by atoms with Gasteiger partial charge in [-0.2, -0.15) is 4.98 Å². The number of aryl methyl sites for hydroxylation is 1. The maximum atomic E-state index is 14.9. The van der Waals surface area contributed by atoms with E-state index >= 15 is 0 Å². The van der Waals surface area contributed by atoms with Gasteiger partial charge in [-0.3, -0.25) is 4.98 Å². The van der Waals surface area contributed by atoms with Gasteiger partial charge in [-0.05, 0) is 37.6 Å². The summed E-state index contributed by atoms with van der Waals surface area (Å²) in [5, 5.41) is 3.74. The standard InChI is InChI=1S/C17H17FN6O3S2/c1-9-21-15(27-23-9)12-6-10(4-5-20-12)13-7-11(18)14(28-13)17(2)8-29(25,26)24(3)16(19)22-17/h4-7H,8H2,1-3H3,(H2,19,22). The highest BCUT2D eigenvalue weighted by molar-refractivity contribution is 7.89. The molecule has 0 aliphatic carbocycles. The first-order valence-electron chi connectivity index (χ1n) is 8.48. The second kappa shape index (κ2) is 6.59. The predicted molar refractivity (Wildman–Crippen MR) is 106 cm³/mol. The number of rotatable bonds is 3. The lowest BCUT2D eigenvalue weighted by molar-refractivity contribution is 0.424. The van der Waals surface area contributed by atoms with E-state index < -0.39 is 21.4 Å². The van der Waals surface area contributed by atoms with E-state index in [1.807, 2.05) is 0 Å². The molecule has 0 bridgehead atoms. The third-order valence-electron chi connectivity index (χ3n) is 4.53. The van der Waals surface area contributed by atoms with Crippen LogP contribution in [-0.2, 0) is 15.6 Å². The van der Waals surface area contributed by atoms with Crippen molar-refractivity contribution in [3.05, 3.63) is 40.9 Å². The molecule has 4 heterocycles. The zero-order valence-electron chi connectivity index (χ0n) is 15.7. The molecule has 0 amide bonds. The minimum atomic E-state index is -3.70. The van der Waals surface area contributed by atoms with Crippen LogP contribution in [0.2, 0.25) is 0 Å². The zero-order chi connectivity index (χ0) is 21.0. The molecular weight excluding hydrogens is 419 g/mol. The highest BCUT2D eigenvalue weighted by Crippen LogP contribution is 2.41. The molecule has 12 heteroatoms. The lowest BCUT2D eigenvalue weighted by Crippen LogP contribution is -2.50. The molecule has 0 aromatic carbocycles. The largest absolute Gasteiger partial charge is 0.369 e. The van der Waals surface area contributed by atoms with E-state index in [0.29, 0.717) is 22.0 Å². The van der Waals surface area contributed by atoms with Crippen LogP contribution in [0, 0.1) is 12.7 Å². The van der Waals surface area contributed by atoms with Gasteiger partial charge in [-0.1, -0.05) is 5.16 Å². The number of pyridine rings is 1. The van der Waals surface area contributed by atoms with Crippen LogP contribution in [0.5, 0.6) is 0 Å². The van der Waals surface area contributed by atoms with Crippen LogP contribution in [0.15, 0.2) is 33.9 Å². The van der Waals surface area contributed by atoms with Crippen molar-refractivity contribution >= 4 is 27.3 Å². The summed E-state index contributed by atoms with van der Waals surface area (Å²) in [6.45, 7) is 3.25. The number of nitrogens with two attached hydrogens (primary N) is 1. The van der Waals surface area contributed by atoms with Crippen molar-refractivity contribution in [1.82, 2.24) is 19.4 Å². The first-order valence-corrected chi connectivity index (χ1v) is 10.9. The molecule has 29 heavy (non-hydrogen) atoms. The van der Waals surface area contributed by atoms with E-state index in [1.165, 1.54) is 13.1 Å². The van der Waals surface area contributed by atoms with Gasteiger partial charge in [0.2, 0.25) is 16.0 Å². The minimum absolute atomic E-state index is 0.175. The molecule has 4 rings (SSSR count). The monoisotopic (exact) mass is 436 g/mol. The van der Waals surface area contributed by atoms with E-state index in [9.17, 15) is 12.8 Å². The number of thiophene rings is 1. The molecule has 3 aromatic heterocycles. The number of halogens is 1. The average Bonchev–Trinajstić information content (AvgIpc) is 3.26. The molecule has 0 spiro atoms. The SMILES string of the molecule is Cc1noc(-c2cc(-c3cc(F)c(C4(C)CS(=O)(=O)N(C)C(N)=N4)s3)ccn2)n1. The lowest BCUT2D eigenvalue weighted by Gasteiger charge is -2.33. The van der Waals surface area contributed by atoms with Gasteiger partial charge >= 0.3 is 0 Å². The van der Waals surface area contributed by atoms with Gasteiger partial charge in [0.15, 0.2) is 5.82 Å². The first kappa shape index (κ1) is 19.5. The molecule has 9 nitrogen and oxygen atoms in total. The van der Waals surface area contributed by atoms with Crippen LogP contribution < -0.4 is 5.73 Å². The molecule has 152 valence electrons. The summed E-state index contributed by atoms with van der Waals surface area (Å²) in [5.74, 6) is -0.366. The Kier molecular flexibility index (Phi) is 4.42. The van der Waals surface area contributed by atoms with Gasteiger partial charge in [-0.15, -0.1) is 11.3 Å². The van der Waals surface area contributed by atoms with Gasteiger partial charge in [0, 0.05) is 18.1 Å². The van der Waals surface area contributed by atoms with Gasteiger partial charge in [0.1, 0.15) is 17.1 Å². The van der Waals surface area contributed by atoms with E-state index in [4.69, 9.17) is 10.3 Å². The summed E-state index contributed by atoms with van der Waals surface area (Å²) >= 11 is 1.12. The number of aliphatic imine (C=N–C) groups is 1. The molecule has 3 aromatic rings. The molecule has 0 fully saturated rings. The summed E-state index contributed by atoms with van der Waals surface area (Å²) < 4.78 is 45.7. The third kappa shape index (κ3) is 3.38. The molecule has 2 N–H and O–H groups in total. The Labute approximate surface area is 170 Å². The molecule has 1 unspecified atom stereocenters. The van der Waals surface area contributed by atoms with Crippen molar-refractivity contribution in [2.24, 2.45) is 10.7 Å². The van der Waals surface area contributed by atoms with Crippen molar-refractivity contribution in [2.75, 3.05) is 12.8 Å². The normalized spacial score (nSPS) is 21.2. The summed E-state index contributed by atoms with van der Waals surface area (Å²) in [6.07, 6.45) is 1.55. The van der Waals surface area contributed by atoms with E-state index in [1.54, 1.807) is 32.2 Å². The fraction of sp³-hybridized carbons (Fsp3) is 0.294. The van der Waals surface area contributed by atoms with Crippen LogP contribution in [0.4, 0.5) is 4.39 Å². The topological polar surface area (TPSA) is 128 Å². The summed E-state index contributed by atoms with van der Waals surface area (Å²) in [5.41, 5.74) is 5.58. The second-order valence-corrected chi connectivity index (χ2v) is 9.88. The number of guanidine groups is 1. The fourth-order valence-corrected chi connectivity index (χ4v) is 5.70. The van der Waals surface area contributed by atoms with Gasteiger partial charge in [0.05, 0.1) is 10.6 Å². The highest BCUT2D eigenvalue weighted by atomic mass is 32.2. The van der Waals surface area contributed by atoms with Crippen molar-refractivity contribution in [3.63, 3.8) is 0 Å². The maximum absolute atomic E-state index is 14.9. The average molecular weight is 436 g/mol. The van der Waals surface area contributed by atoms with E-state index in [-0.39, 0.29) is 22.5 Å². The molecule has 1 atom stereocenters. The summed E-state index contributed by atoms with van der Waals surface area (Å²) in [7, 11) is -2.38. The minimum Gasteiger partial charge on any atom is -0.369 e. The number of hydrogen-bond acceptors (Lipinski definition) is 9. The summed E-state index contributed by atoms with van der Waals surface area (Å²) in [6, 6.07) is 4.76. The van der Waals surface area contributed by atoms with Crippen LogP contribution in [0.25, 0.3) is 22.0 Å². The molecule has 0 saturated carbocycles. The Bertz CT molecular complexity index is 1240. The Morgan fingerprint density at radius 3 is 2.79 bits per heavy atom.